The molecule has 0 N–H and O–H groups in total. The number of fused-ring (bicyclic) bond motifs is 6. The molecule has 20 aromatic carbocycles. The number of hydrogen-bond acceptors (Lipinski definition) is 8. The summed E-state index contributed by atoms with van der Waals surface area (Å²) in [6.07, 6.45) is 0. The molecule has 4 heterocycles. The standard InChI is InChI=1S/2C71H50N4/c1-47-34-43-60(48(2)72-47)55-26-19-27-56(44-55)70-74-68(73-69(75-70)54-39-41-59(42-40-54)71(58-28-13-6-14-29-58)65-32-17-15-30-61(65)62-31-16-18-33-66(62)71)53-37-35-52(36-38-53)67-63(50-22-9-4-10-23-50)45-57(49-20-7-3-8-21-49)46-64(67)51-24-11-5-12-25-51;1-47-31-44-60(48(2)72-47)52-32-36-54(37-33-52)68-73-69(75-70(74-68)56-40-42-59(43-41-56)71(58-25-13-6-14-26-58)65-29-17-15-27-61(65)62-28-16-18-30-66(62)71)55-38-34-53(35-39-55)67-63(50-21-9-4-10-22-50)45-57(49-19-7-3-8-20-49)46-64(67)51-23-11-5-12-24-51/h2*3-46H,1-2H3. The maximum atomic E-state index is 5.32. The van der Waals surface area contributed by atoms with Crippen molar-refractivity contribution < 1.29 is 0 Å². The predicted molar refractivity (Wildman–Crippen MR) is 616 cm³/mol. The zero-order valence-electron chi connectivity index (χ0n) is 83.4. The summed E-state index contributed by atoms with van der Waals surface area (Å²) in [5.41, 5.74) is 46.0. The molecule has 0 amide bonds. The first-order valence-corrected chi connectivity index (χ1v) is 51.2. The van der Waals surface area contributed by atoms with Crippen LogP contribution in [-0.2, 0) is 10.8 Å². The number of aromatic nitrogens is 8. The smallest absolute Gasteiger partial charge is 0.164 e. The summed E-state index contributed by atoms with van der Waals surface area (Å²) in [6, 6.07) is 191. The van der Waals surface area contributed by atoms with Gasteiger partial charge in [0.25, 0.3) is 0 Å². The average Bonchev–Trinajstić information content (AvgIpc) is 1.54. The van der Waals surface area contributed by atoms with Crippen LogP contribution in [0.5, 0.6) is 0 Å². The zero-order chi connectivity index (χ0) is 101. The van der Waals surface area contributed by atoms with Crippen molar-refractivity contribution in [3.63, 3.8) is 0 Å². The van der Waals surface area contributed by atoms with Crippen molar-refractivity contribution in [3.8, 4) is 202 Å². The molecule has 150 heavy (non-hydrogen) atoms. The lowest BCUT2D eigenvalue weighted by Gasteiger charge is -2.34. The number of aryl methyl sites for hydroxylation is 4. The molecule has 2 aliphatic rings. The molecule has 8 heteroatoms. The summed E-state index contributed by atoms with van der Waals surface area (Å²) >= 11 is 0. The Bertz CT molecular complexity index is 8920. The van der Waals surface area contributed by atoms with E-state index in [2.05, 4.69) is 548 Å². The molecule has 0 fully saturated rings. The van der Waals surface area contributed by atoms with E-state index in [1.807, 2.05) is 13.8 Å². The molecular weight excluding hydrogens is 1820 g/mol. The molecular formula is C142H100N8. The summed E-state index contributed by atoms with van der Waals surface area (Å²) in [7, 11) is 0. The maximum absolute atomic E-state index is 5.32. The predicted octanol–water partition coefficient (Wildman–Crippen LogP) is 35.2. The SMILES string of the molecule is Cc1ccc(-c2ccc(-c3nc(-c4ccc(-c5c(-c6ccccc6)cc(-c6ccccc6)cc5-c5ccccc5)cc4)nc(-c4ccc(C5(c6ccccc6)c6ccccc6-c6ccccc65)cc4)n3)cc2)c(C)n1.Cc1ccc(-c2cccc(-c3nc(-c4ccc(-c5c(-c6ccccc6)cc(-c6ccccc6)cc5-c5ccccc5)cc4)nc(-c4ccc(C5(c6ccccc6)c6ccccc6-c6ccccc65)cc4)n3)c2)c(C)n1. The van der Waals surface area contributed by atoms with Gasteiger partial charge in [0.05, 0.1) is 10.8 Å². The highest BCUT2D eigenvalue weighted by atomic mass is 15.0. The highest BCUT2D eigenvalue weighted by Crippen LogP contribution is 2.59. The van der Waals surface area contributed by atoms with Crippen LogP contribution in [0, 0.1) is 27.7 Å². The molecule has 0 spiro atoms. The number of nitrogens with zero attached hydrogens (tertiary/aromatic N) is 8. The van der Waals surface area contributed by atoms with Crippen LogP contribution in [0.15, 0.2) is 534 Å². The maximum Gasteiger partial charge on any atom is 0.164 e. The van der Waals surface area contributed by atoms with Gasteiger partial charge in [0.15, 0.2) is 34.9 Å². The Kier molecular flexibility index (Phi) is 24.3. The van der Waals surface area contributed by atoms with E-state index in [1.165, 1.54) is 83.5 Å². The molecule has 2 aliphatic carbocycles. The molecule has 24 aromatic rings. The third-order valence-corrected chi connectivity index (χ3v) is 29.8. The van der Waals surface area contributed by atoms with Gasteiger partial charge in [0.2, 0.25) is 0 Å². The van der Waals surface area contributed by atoms with Gasteiger partial charge in [0, 0.05) is 67.3 Å². The first-order chi connectivity index (χ1) is 74.0. The van der Waals surface area contributed by atoms with Gasteiger partial charge < -0.3 is 0 Å². The normalized spacial score (nSPS) is 12.2. The van der Waals surface area contributed by atoms with Crippen LogP contribution in [0.25, 0.3) is 202 Å². The lowest BCUT2D eigenvalue weighted by atomic mass is 9.67. The van der Waals surface area contributed by atoms with E-state index < -0.39 is 10.8 Å². The summed E-state index contributed by atoms with van der Waals surface area (Å²) in [5.74, 6) is 3.58. The minimum atomic E-state index is -0.518. The van der Waals surface area contributed by atoms with E-state index in [1.54, 1.807) is 0 Å². The minimum Gasteiger partial charge on any atom is -0.258 e. The summed E-state index contributed by atoms with van der Waals surface area (Å²) in [4.78, 5) is 41.3. The number of rotatable bonds is 20. The third kappa shape index (κ3) is 17.1. The average molecular weight is 1920 g/mol. The molecule has 0 saturated carbocycles. The largest absolute Gasteiger partial charge is 0.258 e. The van der Waals surface area contributed by atoms with E-state index in [4.69, 9.17) is 39.9 Å². The summed E-state index contributed by atoms with van der Waals surface area (Å²) in [5, 5.41) is 0. The molecule has 0 saturated heterocycles. The van der Waals surface area contributed by atoms with Gasteiger partial charge in [-0.1, -0.05) is 491 Å². The van der Waals surface area contributed by atoms with Gasteiger partial charge in [-0.2, -0.15) is 0 Å². The van der Waals surface area contributed by atoms with Crippen molar-refractivity contribution in [3.05, 3.63) is 601 Å². The number of hydrogen-bond donors (Lipinski definition) is 0. The van der Waals surface area contributed by atoms with E-state index in [0.29, 0.717) is 34.9 Å². The molecule has 0 atom stereocenters. The zero-order valence-corrected chi connectivity index (χ0v) is 83.4. The van der Waals surface area contributed by atoms with Gasteiger partial charge in [-0.05, 0) is 237 Å². The Hall–Kier alpha value is -19.3. The van der Waals surface area contributed by atoms with E-state index in [0.717, 1.165) is 151 Å². The molecule has 0 unspecified atom stereocenters. The van der Waals surface area contributed by atoms with Crippen LogP contribution in [-0.4, -0.2) is 39.9 Å². The van der Waals surface area contributed by atoms with Crippen LogP contribution in [0.1, 0.15) is 67.3 Å². The fourth-order valence-corrected chi connectivity index (χ4v) is 22.8. The lowest BCUT2D eigenvalue weighted by Crippen LogP contribution is -2.28. The quantitative estimate of drug-likeness (QED) is 0.0743. The van der Waals surface area contributed by atoms with Gasteiger partial charge in [0.1, 0.15) is 0 Å². The molecule has 0 aliphatic heterocycles. The van der Waals surface area contributed by atoms with Crippen LogP contribution < -0.4 is 0 Å². The van der Waals surface area contributed by atoms with Crippen molar-refractivity contribution in [2.45, 2.75) is 38.5 Å². The van der Waals surface area contributed by atoms with Crippen molar-refractivity contribution in [2.75, 3.05) is 0 Å². The Morgan fingerprint density at radius 1 is 0.127 bits per heavy atom. The number of benzene rings is 20. The monoisotopic (exact) mass is 1920 g/mol. The van der Waals surface area contributed by atoms with Crippen molar-refractivity contribution >= 4 is 0 Å². The van der Waals surface area contributed by atoms with Crippen molar-refractivity contribution in [1.29, 1.82) is 0 Å². The summed E-state index contributed by atoms with van der Waals surface area (Å²) in [6.45, 7) is 8.18. The molecule has 4 aromatic heterocycles. The van der Waals surface area contributed by atoms with Crippen molar-refractivity contribution in [2.24, 2.45) is 0 Å². The molecule has 8 nitrogen and oxygen atoms in total. The van der Waals surface area contributed by atoms with Crippen LogP contribution in [0.2, 0.25) is 0 Å². The number of pyridine rings is 2. The van der Waals surface area contributed by atoms with Crippen LogP contribution >= 0.6 is 0 Å². The highest BCUT2D eigenvalue weighted by molar-refractivity contribution is 6.01. The van der Waals surface area contributed by atoms with E-state index >= 15 is 0 Å². The molecule has 26 rings (SSSR count). The first-order valence-electron chi connectivity index (χ1n) is 51.2. The van der Waals surface area contributed by atoms with Gasteiger partial charge in [-0.25, -0.2) is 29.9 Å². The topological polar surface area (TPSA) is 103 Å². The minimum absolute atomic E-state index is 0.514. The molecule has 0 radical (unpaired) electrons. The highest BCUT2D eigenvalue weighted by Gasteiger charge is 2.48. The van der Waals surface area contributed by atoms with E-state index in [-0.39, 0.29) is 0 Å². The Morgan fingerprint density at radius 3 is 0.633 bits per heavy atom. The Morgan fingerprint density at radius 2 is 0.340 bits per heavy atom. The second kappa shape index (κ2) is 39.7. The van der Waals surface area contributed by atoms with E-state index in [9.17, 15) is 0 Å². The van der Waals surface area contributed by atoms with Gasteiger partial charge in [-0.15, -0.1) is 0 Å². The summed E-state index contributed by atoms with van der Waals surface area (Å²) < 4.78 is 0. The molecule has 0 bridgehead atoms. The van der Waals surface area contributed by atoms with Crippen LogP contribution in [0.3, 0.4) is 0 Å². The van der Waals surface area contributed by atoms with Crippen LogP contribution in [0.4, 0.5) is 0 Å². The third-order valence-electron chi connectivity index (χ3n) is 29.8. The first kappa shape index (κ1) is 91.9. The fraction of sp³-hybridized carbons (Fsp3) is 0.0423. The molecule has 708 valence electrons. The van der Waals surface area contributed by atoms with Gasteiger partial charge >= 0.3 is 0 Å². The lowest BCUT2D eigenvalue weighted by molar-refractivity contribution is 0.768. The second-order valence-electron chi connectivity index (χ2n) is 38.8. The Labute approximate surface area is 875 Å². The van der Waals surface area contributed by atoms with Crippen molar-refractivity contribution in [1.82, 2.24) is 39.9 Å². The Balaban J connectivity index is 0.000000155. The fourth-order valence-electron chi connectivity index (χ4n) is 22.8. The van der Waals surface area contributed by atoms with Gasteiger partial charge in [-0.3, -0.25) is 9.97 Å². The second-order valence-corrected chi connectivity index (χ2v) is 38.8.